The van der Waals surface area contributed by atoms with Crippen molar-refractivity contribution in [1.82, 2.24) is 4.90 Å². The summed E-state index contributed by atoms with van der Waals surface area (Å²) in [6.07, 6.45) is 4.32. The Bertz CT molecular complexity index is 92.7. The highest BCUT2D eigenvalue weighted by Crippen LogP contribution is 2.40. The van der Waals surface area contributed by atoms with Gasteiger partial charge >= 0.3 is 0 Å². The van der Waals surface area contributed by atoms with Gasteiger partial charge in [0.05, 0.1) is 0 Å². The van der Waals surface area contributed by atoms with Crippen LogP contribution in [-0.4, -0.2) is 25.5 Å². The Kier molecular flexibility index (Phi) is 1.80. The van der Waals surface area contributed by atoms with E-state index in [1.807, 2.05) is 0 Å². The Morgan fingerprint density at radius 1 is 1.33 bits per heavy atom. The molecule has 0 spiro atoms. The summed E-state index contributed by atoms with van der Waals surface area (Å²) in [7, 11) is 4.31. The van der Waals surface area contributed by atoms with Gasteiger partial charge in [0.1, 0.15) is 0 Å². The average Bonchev–Trinajstić information content (AvgIpc) is 1.60. The van der Waals surface area contributed by atoms with Crippen molar-refractivity contribution in [2.24, 2.45) is 5.41 Å². The highest BCUT2D eigenvalue weighted by Gasteiger charge is 2.31. The van der Waals surface area contributed by atoms with E-state index in [-0.39, 0.29) is 0 Å². The number of hydrogen-bond acceptors (Lipinski definition) is 1. The van der Waals surface area contributed by atoms with Crippen molar-refractivity contribution >= 4 is 0 Å². The third kappa shape index (κ3) is 1.68. The Morgan fingerprint density at radius 2 is 1.89 bits per heavy atom. The van der Waals surface area contributed by atoms with Crippen molar-refractivity contribution < 1.29 is 0 Å². The summed E-state index contributed by atoms with van der Waals surface area (Å²) in [6, 6.07) is 0. The minimum absolute atomic E-state index is 0.670. The zero-order valence-corrected chi connectivity index (χ0v) is 6.78. The molecule has 0 radical (unpaired) electrons. The summed E-state index contributed by atoms with van der Waals surface area (Å²) in [6.45, 7) is 3.66. The van der Waals surface area contributed by atoms with Crippen molar-refractivity contribution in [3.05, 3.63) is 0 Å². The second-order valence-electron chi connectivity index (χ2n) is 3.90. The summed E-state index contributed by atoms with van der Waals surface area (Å²) in [5, 5.41) is 0. The van der Waals surface area contributed by atoms with Gasteiger partial charge in [-0.1, -0.05) is 13.3 Å². The SMILES string of the molecule is CN(C)CC1(C)CCC1. The molecule has 1 rings (SSSR count). The number of hydrogen-bond donors (Lipinski definition) is 0. The van der Waals surface area contributed by atoms with Gasteiger partial charge in [0.2, 0.25) is 0 Å². The molecule has 0 aromatic heterocycles. The van der Waals surface area contributed by atoms with Crippen LogP contribution in [0.3, 0.4) is 0 Å². The van der Waals surface area contributed by atoms with Gasteiger partial charge in [-0.25, -0.2) is 0 Å². The fraction of sp³-hybridized carbons (Fsp3) is 1.00. The average molecular weight is 127 g/mol. The molecule has 9 heavy (non-hydrogen) atoms. The minimum Gasteiger partial charge on any atom is -0.309 e. The first-order valence-corrected chi connectivity index (χ1v) is 3.77. The molecule has 0 aliphatic heterocycles. The lowest BCUT2D eigenvalue weighted by molar-refractivity contribution is 0.112. The van der Waals surface area contributed by atoms with Crippen LogP contribution in [-0.2, 0) is 0 Å². The summed E-state index contributed by atoms with van der Waals surface area (Å²) in [4.78, 5) is 2.29. The molecule has 1 aliphatic carbocycles. The van der Waals surface area contributed by atoms with Crippen molar-refractivity contribution in [3.8, 4) is 0 Å². The van der Waals surface area contributed by atoms with E-state index in [4.69, 9.17) is 0 Å². The van der Waals surface area contributed by atoms with Crippen LogP contribution in [0.25, 0.3) is 0 Å². The predicted octanol–water partition coefficient (Wildman–Crippen LogP) is 1.74. The van der Waals surface area contributed by atoms with Gasteiger partial charge in [-0.3, -0.25) is 0 Å². The Balaban J connectivity index is 2.24. The maximum Gasteiger partial charge on any atom is 0.00292 e. The van der Waals surface area contributed by atoms with Crippen LogP contribution in [0, 0.1) is 5.41 Å². The molecule has 0 aromatic carbocycles. The molecular weight excluding hydrogens is 110 g/mol. The molecule has 1 fully saturated rings. The first-order chi connectivity index (χ1) is 4.12. The molecule has 0 N–H and O–H groups in total. The maximum absolute atomic E-state index is 2.39. The zero-order valence-electron chi connectivity index (χ0n) is 6.78. The molecule has 0 aromatic rings. The van der Waals surface area contributed by atoms with E-state index < -0.39 is 0 Å². The van der Waals surface area contributed by atoms with Crippen LogP contribution < -0.4 is 0 Å². The number of rotatable bonds is 2. The molecule has 0 atom stereocenters. The fourth-order valence-corrected chi connectivity index (χ4v) is 1.70. The van der Waals surface area contributed by atoms with Crippen LogP contribution in [0.1, 0.15) is 26.2 Å². The van der Waals surface area contributed by atoms with Crippen LogP contribution in [0.4, 0.5) is 0 Å². The van der Waals surface area contributed by atoms with Crippen LogP contribution in [0.5, 0.6) is 0 Å². The largest absolute Gasteiger partial charge is 0.309 e. The van der Waals surface area contributed by atoms with Gasteiger partial charge < -0.3 is 4.90 Å². The second-order valence-corrected chi connectivity index (χ2v) is 3.90. The quantitative estimate of drug-likeness (QED) is 0.546. The van der Waals surface area contributed by atoms with Gasteiger partial charge in [-0.2, -0.15) is 0 Å². The van der Waals surface area contributed by atoms with Gasteiger partial charge in [-0.05, 0) is 32.4 Å². The lowest BCUT2D eigenvalue weighted by atomic mass is 9.70. The smallest absolute Gasteiger partial charge is 0.00292 e. The van der Waals surface area contributed by atoms with E-state index in [0.29, 0.717) is 5.41 Å². The lowest BCUT2D eigenvalue weighted by Gasteiger charge is -2.40. The molecule has 1 heteroatoms. The predicted molar refractivity (Wildman–Crippen MR) is 40.5 cm³/mol. The molecule has 0 saturated heterocycles. The number of nitrogens with zero attached hydrogens (tertiary/aromatic N) is 1. The van der Waals surface area contributed by atoms with Crippen molar-refractivity contribution in [1.29, 1.82) is 0 Å². The van der Waals surface area contributed by atoms with Crippen molar-refractivity contribution in [2.45, 2.75) is 26.2 Å². The topological polar surface area (TPSA) is 3.24 Å². The molecule has 0 amide bonds. The highest BCUT2D eigenvalue weighted by molar-refractivity contribution is 4.84. The van der Waals surface area contributed by atoms with E-state index in [1.54, 1.807) is 0 Å². The van der Waals surface area contributed by atoms with Crippen LogP contribution in [0.15, 0.2) is 0 Å². The van der Waals surface area contributed by atoms with Gasteiger partial charge in [0, 0.05) is 6.54 Å². The molecule has 1 aliphatic rings. The van der Waals surface area contributed by atoms with Crippen molar-refractivity contribution in [3.63, 3.8) is 0 Å². The lowest BCUT2D eigenvalue weighted by Crippen LogP contribution is -2.36. The Labute approximate surface area is 58.0 Å². The summed E-state index contributed by atoms with van der Waals surface area (Å²) in [5.74, 6) is 0. The standard InChI is InChI=1S/C8H17N/c1-8(5-4-6-8)7-9(2)3/h4-7H2,1-3H3. The van der Waals surface area contributed by atoms with E-state index >= 15 is 0 Å². The molecule has 54 valence electrons. The maximum atomic E-state index is 2.39. The fourth-order valence-electron chi connectivity index (χ4n) is 1.70. The zero-order chi connectivity index (χ0) is 6.91. The molecule has 1 saturated carbocycles. The first kappa shape index (κ1) is 7.07. The third-order valence-electron chi connectivity index (χ3n) is 2.26. The second kappa shape index (κ2) is 2.30. The van der Waals surface area contributed by atoms with E-state index in [0.717, 1.165) is 0 Å². The minimum atomic E-state index is 0.670. The van der Waals surface area contributed by atoms with E-state index in [9.17, 15) is 0 Å². The molecule has 0 heterocycles. The summed E-state index contributed by atoms with van der Waals surface area (Å²) in [5.41, 5.74) is 0.670. The summed E-state index contributed by atoms with van der Waals surface area (Å²) < 4.78 is 0. The van der Waals surface area contributed by atoms with Gasteiger partial charge in [-0.15, -0.1) is 0 Å². The molecule has 0 unspecified atom stereocenters. The highest BCUT2D eigenvalue weighted by atomic mass is 15.1. The molecule has 0 bridgehead atoms. The molecular formula is C8H17N. The van der Waals surface area contributed by atoms with E-state index in [1.165, 1.54) is 25.8 Å². The summed E-state index contributed by atoms with van der Waals surface area (Å²) >= 11 is 0. The van der Waals surface area contributed by atoms with Crippen LogP contribution in [0.2, 0.25) is 0 Å². The third-order valence-corrected chi connectivity index (χ3v) is 2.26. The van der Waals surface area contributed by atoms with Crippen LogP contribution >= 0.6 is 0 Å². The van der Waals surface area contributed by atoms with E-state index in [2.05, 4.69) is 25.9 Å². The van der Waals surface area contributed by atoms with Gasteiger partial charge in [0.25, 0.3) is 0 Å². The van der Waals surface area contributed by atoms with Crippen molar-refractivity contribution in [2.75, 3.05) is 20.6 Å². The molecule has 1 nitrogen and oxygen atoms in total. The van der Waals surface area contributed by atoms with Gasteiger partial charge in [0.15, 0.2) is 0 Å². The Hall–Kier alpha value is -0.0400. The normalized spacial score (nSPS) is 24.0. The monoisotopic (exact) mass is 127 g/mol. The first-order valence-electron chi connectivity index (χ1n) is 3.77. The Morgan fingerprint density at radius 3 is 2.00 bits per heavy atom.